The molecule has 3 rings (SSSR count). The number of carbonyl (C=O) groups excluding carboxylic acids is 2. The summed E-state index contributed by atoms with van der Waals surface area (Å²) in [6.45, 7) is 3.32. The minimum Gasteiger partial charge on any atom is -0.462 e. The Bertz CT molecular complexity index is 840. The Kier molecular flexibility index (Phi) is 6.51. The van der Waals surface area contributed by atoms with Gasteiger partial charge in [-0.1, -0.05) is 12.2 Å². The van der Waals surface area contributed by atoms with Gasteiger partial charge in [-0.2, -0.15) is 4.31 Å². The highest BCUT2D eigenvalue weighted by Gasteiger charge is 2.30. The van der Waals surface area contributed by atoms with Gasteiger partial charge in [0.1, 0.15) is 0 Å². The first kappa shape index (κ1) is 20.5. The van der Waals surface area contributed by atoms with Crippen LogP contribution in [0.15, 0.2) is 41.3 Å². The molecule has 0 bridgehead atoms. The number of carbonyl (C=O) groups is 2. The van der Waals surface area contributed by atoms with Gasteiger partial charge in [0.05, 0.1) is 17.1 Å². The van der Waals surface area contributed by atoms with E-state index >= 15 is 0 Å². The minimum absolute atomic E-state index is 0.0902. The van der Waals surface area contributed by atoms with Crippen molar-refractivity contribution in [2.24, 2.45) is 5.92 Å². The van der Waals surface area contributed by atoms with Crippen molar-refractivity contribution in [2.45, 2.75) is 31.1 Å². The second-order valence-electron chi connectivity index (χ2n) is 7.00. The Morgan fingerprint density at radius 1 is 1.11 bits per heavy atom. The summed E-state index contributed by atoms with van der Waals surface area (Å²) in [5.74, 6) is -0.0738. The summed E-state index contributed by atoms with van der Waals surface area (Å²) in [7, 11) is -3.66. The van der Waals surface area contributed by atoms with E-state index in [1.54, 1.807) is 11.8 Å². The van der Waals surface area contributed by atoms with Crippen LogP contribution >= 0.6 is 0 Å². The van der Waals surface area contributed by atoms with Crippen LogP contribution in [0.4, 0.5) is 0 Å². The molecule has 2 aliphatic rings. The molecule has 1 heterocycles. The number of nitrogens with zero attached hydrogens (tertiary/aromatic N) is 2. The van der Waals surface area contributed by atoms with Gasteiger partial charge < -0.3 is 9.64 Å². The molecule has 0 N–H and O–H groups in total. The van der Waals surface area contributed by atoms with E-state index in [-0.39, 0.29) is 30.5 Å². The Labute approximate surface area is 166 Å². The molecule has 0 radical (unpaired) electrons. The fourth-order valence-corrected chi connectivity index (χ4v) is 4.95. The molecular formula is C20H26N2O5S. The van der Waals surface area contributed by atoms with Gasteiger partial charge >= 0.3 is 5.97 Å². The third kappa shape index (κ3) is 4.62. The van der Waals surface area contributed by atoms with E-state index in [0.29, 0.717) is 31.0 Å². The molecule has 152 valence electrons. The van der Waals surface area contributed by atoms with E-state index in [2.05, 4.69) is 12.2 Å². The number of hydrogen-bond donors (Lipinski definition) is 0. The van der Waals surface area contributed by atoms with E-state index in [1.807, 2.05) is 0 Å². The number of hydrogen-bond acceptors (Lipinski definition) is 5. The standard InChI is InChI=1S/C20H26N2O5S/c1-2-27-20(24)17-7-9-18(10-8-17)28(25,26)22-13-11-21(12-14-22)19(23)15-16-5-3-4-6-16/h3,5,7-10,16H,2,4,6,11-15H2,1H3. The van der Waals surface area contributed by atoms with Crippen LogP contribution in [0.5, 0.6) is 0 Å². The predicted octanol–water partition coefficient (Wildman–Crippen LogP) is 2.05. The van der Waals surface area contributed by atoms with Crippen LogP contribution < -0.4 is 0 Å². The second-order valence-corrected chi connectivity index (χ2v) is 8.94. The number of benzene rings is 1. The van der Waals surface area contributed by atoms with Crippen molar-refractivity contribution in [3.8, 4) is 0 Å². The van der Waals surface area contributed by atoms with Gasteiger partial charge in [0.25, 0.3) is 0 Å². The lowest BCUT2D eigenvalue weighted by Gasteiger charge is -2.34. The van der Waals surface area contributed by atoms with Crippen LogP contribution in [0.3, 0.4) is 0 Å². The number of piperazine rings is 1. The van der Waals surface area contributed by atoms with Gasteiger partial charge in [-0.25, -0.2) is 13.2 Å². The van der Waals surface area contributed by atoms with Crippen molar-refractivity contribution in [3.05, 3.63) is 42.0 Å². The zero-order chi connectivity index (χ0) is 20.1. The number of amides is 1. The molecule has 1 aliphatic carbocycles. The van der Waals surface area contributed by atoms with Crippen molar-refractivity contribution >= 4 is 21.9 Å². The Morgan fingerprint density at radius 3 is 2.36 bits per heavy atom. The number of rotatable bonds is 6. The topological polar surface area (TPSA) is 84.0 Å². The molecule has 1 amide bonds. The van der Waals surface area contributed by atoms with Gasteiger partial charge in [0.2, 0.25) is 15.9 Å². The van der Waals surface area contributed by atoms with E-state index in [1.165, 1.54) is 28.6 Å². The lowest BCUT2D eigenvalue weighted by molar-refractivity contribution is -0.133. The Balaban J connectivity index is 1.58. The molecule has 8 heteroatoms. The van der Waals surface area contributed by atoms with Crippen molar-refractivity contribution < 1.29 is 22.7 Å². The predicted molar refractivity (Wildman–Crippen MR) is 104 cm³/mol. The maximum Gasteiger partial charge on any atom is 0.338 e. The molecule has 1 aromatic rings. The first-order chi connectivity index (χ1) is 13.4. The summed E-state index contributed by atoms with van der Waals surface area (Å²) >= 11 is 0. The highest BCUT2D eigenvalue weighted by Crippen LogP contribution is 2.23. The summed E-state index contributed by atoms with van der Waals surface area (Å²) in [5, 5.41) is 0. The fraction of sp³-hybridized carbons (Fsp3) is 0.500. The molecular weight excluding hydrogens is 380 g/mol. The Morgan fingerprint density at radius 2 is 1.79 bits per heavy atom. The second kappa shape index (κ2) is 8.87. The number of ether oxygens (including phenoxy) is 1. The SMILES string of the molecule is CCOC(=O)c1ccc(S(=O)(=O)N2CCN(C(=O)CC3C=CCC3)CC2)cc1. The third-order valence-electron chi connectivity index (χ3n) is 5.14. The van der Waals surface area contributed by atoms with E-state index < -0.39 is 16.0 Å². The van der Waals surface area contributed by atoms with Crippen LogP contribution in [0.25, 0.3) is 0 Å². The zero-order valence-electron chi connectivity index (χ0n) is 16.0. The molecule has 1 aromatic carbocycles. The molecule has 1 saturated heterocycles. The van der Waals surface area contributed by atoms with Crippen LogP contribution in [0, 0.1) is 5.92 Å². The lowest BCUT2D eigenvalue weighted by Crippen LogP contribution is -2.50. The Hall–Kier alpha value is -2.19. The number of sulfonamides is 1. The fourth-order valence-electron chi connectivity index (χ4n) is 3.52. The van der Waals surface area contributed by atoms with E-state index in [0.717, 1.165) is 12.8 Å². The molecule has 1 atom stereocenters. The van der Waals surface area contributed by atoms with Gasteiger partial charge in [-0.15, -0.1) is 0 Å². The molecule has 0 spiro atoms. The van der Waals surface area contributed by atoms with E-state index in [4.69, 9.17) is 4.74 Å². The number of allylic oxidation sites excluding steroid dienone is 2. The van der Waals surface area contributed by atoms with Gasteiger partial charge in [0.15, 0.2) is 0 Å². The summed E-state index contributed by atoms with van der Waals surface area (Å²) in [4.78, 5) is 26.0. The summed E-state index contributed by atoms with van der Waals surface area (Å²) < 4.78 is 32.0. The highest BCUT2D eigenvalue weighted by molar-refractivity contribution is 7.89. The van der Waals surface area contributed by atoms with Crippen LogP contribution in [0.1, 0.15) is 36.5 Å². The van der Waals surface area contributed by atoms with Gasteiger partial charge in [-0.3, -0.25) is 4.79 Å². The lowest BCUT2D eigenvalue weighted by atomic mass is 10.0. The van der Waals surface area contributed by atoms with Crippen molar-refractivity contribution in [1.29, 1.82) is 0 Å². The van der Waals surface area contributed by atoms with E-state index in [9.17, 15) is 18.0 Å². The van der Waals surface area contributed by atoms with Gasteiger partial charge in [0, 0.05) is 32.6 Å². The molecule has 1 aliphatic heterocycles. The maximum atomic E-state index is 12.8. The van der Waals surface area contributed by atoms with Crippen LogP contribution in [-0.4, -0.2) is 62.3 Å². The van der Waals surface area contributed by atoms with Crippen LogP contribution in [-0.2, 0) is 19.6 Å². The van der Waals surface area contributed by atoms with Gasteiger partial charge in [-0.05, 0) is 49.9 Å². The summed E-state index contributed by atoms with van der Waals surface area (Å²) in [6.07, 6.45) is 6.74. The maximum absolute atomic E-state index is 12.8. The molecule has 0 saturated carbocycles. The normalized spacial score (nSPS) is 20.3. The molecule has 1 fully saturated rings. The quantitative estimate of drug-likeness (QED) is 0.533. The molecule has 28 heavy (non-hydrogen) atoms. The first-order valence-corrected chi connectivity index (χ1v) is 11.1. The average molecular weight is 407 g/mol. The largest absolute Gasteiger partial charge is 0.462 e. The summed E-state index contributed by atoms with van der Waals surface area (Å²) in [6, 6.07) is 5.76. The summed E-state index contributed by atoms with van der Waals surface area (Å²) in [5.41, 5.74) is 0.317. The zero-order valence-corrected chi connectivity index (χ0v) is 16.9. The van der Waals surface area contributed by atoms with Crippen molar-refractivity contribution in [1.82, 2.24) is 9.21 Å². The molecule has 0 aromatic heterocycles. The third-order valence-corrected chi connectivity index (χ3v) is 7.06. The van der Waals surface area contributed by atoms with Crippen molar-refractivity contribution in [2.75, 3.05) is 32.8 Å². The van der Waals surface area contributed by atoms with Crippen LogP contribution in [0.2, 0.25) is 0 Å². The highest BCUT2D eigenvalue weighted by atomic mass is 32.2. The van der Waals surface area contributed by atoms with Crippen molar-refractivity contribution in [3.63, 3.8) is 0 Å². The number of esters is 1. The first-order valence-electron chi connectivity index (χ1n) is 9.63. The average Bonchev–Trinajstić information content (AvgIpc) is 3.21. The minimum atomic E-state index is -3.66. The monoisotopic (exact) mass is 406 g/mol. The molecule has 1 unspecified atom stereocenters. The smallest absolute Gasteiger partial charge is 0.338 e. The molecule has 7 nitrogen and oxygen atoms in total.